The van der Waals surface area contributed by atoms with Gasteiger partial charge in [-0.15, -0.1) is 0 Å². The molecule has 69 heavy (non-hydrogen) atoms. The van der Waals surface area contributed by atoms with Crippen molar-refractivity contribution in [1.29, 1.82) is 0 Å². The van der Waals surface area contributed by atoms with Gasteiger partial charge in [0, 0.05) is 12.8 Å². The molecule has 0 rings (SSSR count). The minimum Gasteiger partial charge on any atom is -0.466 e. The lowest BCUT2D eigenvalue weighted by Crippen LogP contribution is -2.45. The second-order valence-electron chi connectivity index (χ2n) is 22.1. The SMILES string of the molecule is CCCCCCCCCCCCCCCCCCCCCCCCC(O)C(CO)NC(=O)CCCCCCCCCCCCCCCCOC(=O)CCCCCCCCCCCCCCCCCC. The van der Waals surface area contributed by atoms with Gasteiger partial charge in [0.05, 0.1) is 25.4 Å². The van der Waals surface area contributed by atoms with Crippen LogP contribution < -0.4 is 5.32 Å². The van der Waals surface area contributed by atoms with Gasteiger partial charge in [-0.3, -0.25) is 9.59 Å². The molecule has 0 aliphatic carbocycles. The first-order valence-electron chi connectivity index (χ1n) is 31.8. The first kappa shape index (κ1) is 67.9. The second-order valence-corrected chi connectivity index (χ2v) is 22.1. The number of unbranched alkanes of at least 4 members (excludes halogenated alkanes) is 49. The minimum atomic E-state index is -0.671. The van der Waals surface area contributed by atoms with Gasteiger partial charge in [0.2, 0.25) is 5.91 Å². The number of aliphatic hydroxyl groups excluding tert-OH is 2. The molecule has 0 saturated carbocycles. The Morgan fingerprint density at radius 3 is 0.884 bits per heavy atom. The molecule has 0 saturated heterocycles. The number of nitrogens with one attached hydrogen (secondary N) is 1. The zero-order chi connectivity index (χ0) is 50.0. The molecule has 2 unspecified atom stereocenters. The van der Waals surface area contributed by atoms with Crippen molar-refractivity contribution < 1.29 is 24.5 Å². The van der Waals surface area contributed by atoms with Crippen molar-refractivity contribution in [3.63, 3.8) is 0 Å². The van der Waals surface area contributed by atoms with Crippen LogP contribution in [0.15, 0.2) is 0 Å². The van der Waals surface area contributed by atoms with E-state index < -0.39 is 12.1 Å². The summed E-state index contributed by atoms with van der Waals surface area (Å²) in [5.74, 6) is -0.0373. The standard InChI is InChI=1S/C63H125NO5/c1-3-5-7-9-11-13-15-17-19-21-22-23-24-25-26-27-31-35-39-43-47-51-55-61(66)60(59-65)64-62(67)56-52-48-44-40-36-32-29-30-34-38-42-46-50-54-58-69-63(68)57-53-49-45-41-37-33-28-20-18-16-14-12-10-8-6-4-2/h60-61,65-66H,3-59H2,1-2H3,(H,64,67). The van der Waals surface area contributed by atoms with Crippen LogP contribution in [0.1, 0.15) is 367 Å². The van der Waals surface area contributed by atoms with Crippen LogP contribution in [0.25, 0.3) is 0 Å². The third kappa shape index (κ3) is 56.0. The van der Waals surface area contributed by atoms with Crippen LogP contribution in [0.2, 0.25) is 0 Å². The van der Waals surface area contributed by atoms with Crippen molar-refractivity contribution in [2.45, 2.75) is 379 Å². The first-order chi connectivity index (χ1) is 34.0. The molecule has 0 spiro atoms. The average Bonchev–Trinajstić information content (AvgIpc) is 3.35. The molecular formula is C63H125NO5. The number of hydrogen-bond donors (Lipinski definition) is 3. The Hall–Kier alpha value is -1.14. The fraction of sp³-hybridized carbons (Fsp3) is 0.968. The third-order valence-electron chi connectivity index (χ3n) is 15.2. The maximum absolute atomic E-state index is 12.5. The summed E-state index contributed by atoms with van der Waals surface area (Å²) in [6, 6.07) is -0.549. The van der Waals surface area contributed by atoms with Gasteiger partial charge < -0.3 is 20.3 Å². The molecule has 6 nitrogen and oxygen atoms in total. The van der Waals surface area contributed by atoms with Gasteiger partial charge in [-0.1, -0.05) is 328 Å². The predicted molar refractivity (Wildman–Crippen MR) is 301 cm³/mol. The molecule has 0 heterocycles. The van der Waals surface area contributed by atoms with Gasteiger partial charge in [-0.25, -0.2) is 0 Å². The Morgan fingerprint density at radius 2 is 0.594 bits per heavy atom. The van der Waals surface area contributed by atoms with Crippen molar-refractivity contribution in [3.8, 4) is 0 Å². The quantitative estimate of drug-likeness (QED) is 0.0417. The van der Waals surface area contributed by atoms with Crippen LogP contribution in [0.3, 0.4) is 0 Å². The summed E-state index contributed by atoms with van der Waals surface area (Å²) in [4.78, 5) is 24.6. The molecule has 0 aromatic carbocycles. The third-order valence-corrected chi connectivity index (χ3v) is 15.2. The summed E-state index contributed by atoms with van der Waals surface area (Å²) in [5, 5.41) is 23.4. The van der Waals surface area contributed by atoms with E-state index in [0.717, 1.165) is 51.4 Å². The molecule has 0 aliphatic rings. The molecule has 412 valence electrons. The van der Waals surface area contributed by atoms with Crippen molar-refractivity contribution in [2.75, 3.05) is 13.2 Å². The summed E-state index contributed by atoms with van der Waals surface area (Å²) in [7, 11) is 0. The van der Waals surface area contributed by atoms with Gasteiger partial charge in [-0.05, 0) is 25.7 Å². The van der Waals surface area contributed by atoms with Gasteiger partial charge in [-0.2, -0.15) is 0 Å². The molecule has 0 radical (unpaired) electrons. The fourth-order valence-electron chi connectivity index (χ4n) is 10.3. The van der Waals surface area contributed by atoms with E-state index in [1.807, 2.05) is 0 Å². The normalized spacial score (nSPS) is 12.5. The summed E-state index contributed by atoms with van der Waals surface area (Å²) < 4.78 is 5.49. The number of rotatable bonds is 60. The van der Waals surface area contributed by atoms with E-state index in [4.69, 9.17) is 4.74 Å². The lowest BCUT2D eigenvalue weighted by molar-refractivity contribution is -0.143. The van der Waals surface area contributed by atoms with E-state index in [1.165, 1.54) is 283 Å². The first-order valence-corrected chi connectivity index (χ1v) is 31.8. The minimum absolute atomic E-state index is 0.00295. The van der Waals surface area contributed by atoms with E-state index in [9.17, 15) is 19.8 Å². The second kappa shape index (κ2) is 59.4. The monoisotopic (exact) mass is 976 g/mol. The van der Waals surface area contributed by atoms with E-state index in [0.29, 0.717) is 25.9 Å². The highest BCUT2D eigenvalue weighted by molar-refractivity contribution is 5.76. The average molecular weight is 977 g/mol. The number of amides is 1. The largest absolute Gasteiger partial charge is 0.466 e. The Bertz CT molecular complexity index is 990. The maximum Gasteiger partial charge on any atom is 0.305 e. The lowest BCUT2D eigenvalue weighted by Gasteiger charge is -2.22. The van der Waals surface area contributed by atoms with Gasteiger partial charge in [0.25, 0.3) is 0 Å². The lowest BCUT2D eigenvalue weighted by atomic mass is 10.0. The van der Waals surface area contributed by atoms with E-state index in [2.05, 4.69) is 19.2 Å². The summed E-state index contributed by atoms with van der Waals surface area (Å²) in [6.07, 6.45) is 69.6. The van der Waals surface area contributed by atoms with Crippen molar-refractivity contribution in [2.24, 2.45) is 0 Å². The Balaban J connectivity index is 3.41. The van der Waals surface area contributed by atoms with Crippen LogP contribution in [0, 0.1) is 0 Å². The van der Waals surface area contributed by atoms with E-state index in [-0.39, 0.29) is 18.5 Å². The number of carbonyl (C=O) groups excluding carboxylic acids is 2. The molecule has 0 aliphatic heterocycles. The highest BCUT2D eigenvalue weighted by atomic mass is 16.5. The Kier molecular flexibility index (Phi) is 58.4. The predicted octanol–water partition coefficient (Wildman–Crippen LogP) is 19.9. The zero-order valence-corrected chi connectivity index (χ0v) is 47.1. The van der Waals surface area contributed by atoms with Crippen molar-refractivity contribution in [1.82, 2.24) is 5.32 Å². The molecule has 2 atom stereocenters. The number of esters is 1. The molecular weight excluding hydrogens is 851 g/mol. The van der Waals surface area contributed by atoms with Gasteiger partial charge in [0.15, 0.2) is 0 Å². The van der Waals surface area contributed by atoms with E-state index in [1.54, 1.807) is 0 Å². The number of hydrogen-bond acceptors (Lipinski definition) is 5. The summed E-state index contributed by atoms with van der Waals surface area (Å²) >= 11 is 0. The Labute approximate surface area is 432 Å². The highest BCUT2D eigenvalue weighted by Crippen LogP contribution is 2.19. The maximum atomic E-state index is 12.5. The molecule has 0 aromatic heterocycles. The van der Waals surface area contributed by atoms with Gasteiger partial charge >= 0.3 is 5.97 Å². The smallest absolute Gasteiger partial charge is 0.305 e. The molecule has 0 aromatic rings. The molecule has 3 N–H and O–H groups in total. The number of carbonyl (C=O) groups is 2. The van der Waals surface area contributed by atoms with Crippen LogP contribution in [-0.2, 0) is 14.3 Å². The van der Waals surface area contributed by atoms with Crippen LogP contribution in [0.5, 0.6) is 0 Å². The van der Waals surface area contributed by atoms with Crippen LogP contribution in [0.4, 0.5) is 0 Å². The van der Waals surface area contributed by atoms with Crippen molar-refractivity contribution >= 4 is 11.9 Å². The Morgan fingerprint density at radius 1 is 0.348 bits per heavy atom. The van der Waals surface area contributed by atoms with Crippen molar-refractivity contribution in [3.05, 3.63) is 0 Å². The highest BCUT2D eigenvalue weighted by Gasteiger charge is 2.20. The van der Waals surface area contributed by atoms with Crippen LogP contribution in [-0.4, -0.2) is 47.4 Å². The number of ether oxygens (including phenoxy) is 1. The molecule has 1 amide bonds. The fourth-order valence-corrected chi connectivity index (χ4v) is 10.3. The van der Waals surface area contributed by atoms with Crippen LogP contribution >= 0.6 is 0 Å². The molecule has 0 bridgehead atoms. The molecule has 6 heteroatoms. The zero-order valence-electron chi connectivity index (χ0n) is 47.1. The topological polar surface area (TPSA) is 95.9 Å². The van der Waals surface area contributed by atoms with E-state index >= 15 is 0 Å². The van der Waals surface area contributed by atoms with Gasteiger partial charge in [0.1, 0.15) is 0 Å². The summed E-state index contributed by atoms with van der Waals surface area (Å²) in [5.41, 5.74) is 0. The summed E-state index contributed by atoms with van der Waals surface area (Å²) in [6.45, 7) is 4.97. The number of aliphatic hydroxyl groups is 2. The molecule has 0 fully saturated rings.